The largest absolute Gasteiger partial charge is 0.573 e. The van der Waals surface area contributed by atoms with Crippen molar-refractivity contribution in [2.75, 3.05) is 24.3 Å². The van der Waals surface area contributed by atoms with Gasteiger partial charge in [0.2, 0.25) is 5.95 Å². The topological polar surface area (TPSA) is 62.3 Å². The number of nitrogens with one attached hydrogen (secondary N) is 2. The van der Waals surface area contributed by atoms with Gasteiger partial charge >= 0.3 is 6.36 Å². The maximum Gasteiger partial charge on any atom is 0.573 e. The maximum absolute atomic E-state index is 12.8. The number of aromatic nitrogens is 2. The Labute approximate surface area is 216 Å². The summed E-state index contributed by atoms with van der Waals surface area (Å²) in [7, 11) is 3.97. The number of hydrogen-bond donors (Lipinski definition) is 2. The van der Waals surface area contributed by atoms with Crippen LogP contribution in [0.15, 0.2) is 46.9 Å². The molecule has 2 fully saturated rings. The van der Waals surface area contributed by atoms with E-state index in [0.717, 1.165) is 48.8 Å². The molecule has 0 radical (unpaired) electrons. The third-order valence-electron chi connectivity index (χ3n) is 7.32. The smallest absolute Gasteiger partial charge is 0.405 e. The normalized spacial score (nSPS) is 23.6. The van der Waals surface area contributed by atoms with E-state index in [1.165, 1.54) is 6.07 Å². The van der Waals surface area contributed by atoms with Crippen LogP contribution in [0.2, 0.25) is 0 Å². The summed E-state index contributed by atoms with van der Waals surface area (Å²) in [4.78, 5) is 11.5. The van der Waals surface area contributed by atoms with Crippen molar-refractivity contribution in [3.05, 3.63) is 52.5 Å². The molecule has 3 aromatic rings. The van der Waals surface area contributed by atoms with Crippen LogP contribution in [-0.2, 0) is 6.54 Å². The zero-order valence-corrected chi connectivity index (χ0v) is 21.8. The lowest BCUT2D eigenvalue weighted by Crippen LogP contribution is -2.35. The van der Waals surface area contributed by atoms with Gasteiger partial charge in [-0.05, 0) is 61.8 Å². The lowest BCUT2D eigenvalue weighted by molar-refractivity contribution is -0.274. The summed E-state index contributed by atoms with van der Waals surface area (Å²) in [5.74, 6) is 1.38. The van der Waals surface area contributed by atoms with E-state index in [4.69, 9.17) is 9.97 Å². The van der Waals surface area contributed by atoms with E-state index in [0.29, 0.717) is 28.6 Å². The summed E-state index contributed by atoms with van der Waals surface area (Å²) in [6.07, 6.45) is 0.440. The second-order valence-corrected chi connectivity index (χ2v) is 10.9. The van der Waals surface area contributed by atoms with Gasteiger partial charge in [0, 0.05) is 48.1 Å². The highest BCUT2D eigenvalue weighted by Crippen LogP contribution is 2.57. The lowest BCUT2D eigenvalue weighted by atomic mass is 9.82. The van der Waals surface area contributed by atoms with Gasteiger partial charge in [0.15, 0.2) is 0 Å². The van der Waals surface area contributed by atoms with Crippen molar-refractivity contribution < 1.29 is 17.9 Å². The zero-order chi connectivity index (χ0) is 25.5. The van der Waals surface area contributed by atoms with Crippen LogP contribution < -0.4 is 20.3 Å². The van der Waals surface area contributed by atoms with Crippen LogP contribution in [0.1, 0.15) is 37.7 Å². The number of alkyl halides is 3. The molecule has 0 amide bonds. The minimum Gasteiger partial charge on any atom is -0.405 e. The molecule has 2 aromatic carbocycles. The van der Waals surface area contributed by atoms with Crippen LogP contribution in [0.25, 0.3) is 10.9 Å². The number of fused-ring (bicyclic) bond motifs is 1. The van der Waals surface area contributed by atoms with Crippen molar-refractivity contribution in [1.82, 2.24) is 15.3 Å². The number of halogens is 4. The molecule has 36 heavy (non-hydrogen) atoms. The van der Waals surface area contributed by atoms with E-state index >= 15 is 0 Å². The van der Waals surface area contributed by atoms with Crippen LogP contribution >= 0.6 is 15.9 Å². The summed E-state index contributed by atoms with van der Waals surface area (Å²) < 4.78 is 43.2. The van der Waals surface area contributed by atoms with E-state index in [9.17, 15) is 13.2 Å². The number of para-hydroxylation sites is 1. The minimum absolute atomic E-state index is 0.171. The first kappa shape index (κ1) is 25.1. The number of ether oxygens (including phenoxy) is 1. The average molecular weight is 564 g/mol. The fourth-order valence-corrected chi connectivity index (χ4v) is 5.61. The SMILES string of the molecule is CN(C)c1nc(N[C@@H]2CC23CCC(NCc2ccc(Br)cc2OC(F)(F)F)CC3)nc2ccccc12. The molecule has 1 heterocycles. The fourth-order valence-electron chi connectivity index (χ4n) is 5.27. The lowest BCUT2D eigenvalue weighted by Gasteiger charge is -2.30. The van der Waals surface area contributed by atoms with Crippen molar-refractivity contribution in [2.24, 2.45) is 5.41 Å². The van der Waals surface area contributed by atoms with Gasteiger partial charge in [0.05, 0.1) is 5.52 Å². The summed E-state index contributed by atoms with van der Waals surface area (Å²) in [6, 6.07) is 13.4. The molecule has 2 N–H and O–H groups in total. The maximum atomic E-state index is 12.8. The van der Waals surface area contributed by atoms with E-state index in [1.54, 1.807) is 12.1 Å². The van der Waals surface area contributed by atoms with Gasteiger partial charge in [-0.2, -0.15) is 4.98 Å². The van der Waals surface area contributed by atoms with Crippen LogP contribution in [0.5, 0.6) is 5.75 Å². The van der Waals surface area contributed by atoms with Crippen LogP contribution in [-0.4, -0.2) is 42.5 Å². The molecule has 0 bridgehead atoms. The van der Waals surface area contributed by atoms with Crippen LogP contribution in [0.3, 0.4) is 0 Å². The Bertz CT molecular complexity index is 1240. The van der Waals surface area contributed by atoms with E-state index in [2.05, 4.69) is 31.3 Å². The number of rotatable bonds is 7. The van der Waals surface area contributed by atoms with Crippen LogP contribution in [0.4, 0.5) is 24.9 Å². The van der Waals surface area contributed by atoms with Crippen LogP contribution in [0, 0.1) is 5.41 Å². The van der Waals surface area contributed by atoms with E-state index in [-0.39, 0.29) is 17.2 Å². The highest BCUT2D eigenvalue weighted by molar-refractivity contribution is 9.10. The first-order chi connectivity index (χ1) is 17.1. The van der Waals surface area contributed by atoms with Gasteiger partial charge < -0.3 is 20.3 Å². The molecular formula is C26H29BrF3N5O. The monoisotopic (exact) mass is 563 g/mol. The predicted molar refractivity (Wildman–Crippen MR) is 138 cm³/mol. The van der Waals surface area contributed by atoms with E-state index in [1.807, 2.05) is 43.3 Å². The molecule has 2 aliphatic carbocycles. The summed E-state index contributed by atoms with van der Waals surface area (Å²) >= 11 is 3.22. The van der Waals surface area contributed by atoms with Gasteiger partial charge in [-0.1, -0.05) is 34.1 Å². The molecule has 1 spiro atoms. The Hall–Kier alpha value is -2.59. The van der Waals surface area contributed by atoms with Gasteiger partial charge in [0.25, 0.3) is 0 Å². The molecule has 6 nitrogen and oxygen atoms in total. The van der Waals surface area contributed by atoms with Crippen molar-refractivity contribution in [1.29, 1.82) is 0 Å². The van der Waals surface area contributed by atoms with Crippen molar-refractivity contribution in [3.8, 4) is 5.75 Å². The fraction of sp³-hybridized carbons (Fsp3) is 0.462. The van der Waals surface area contributed by atoms with Gasteiger partial charge in [-0.25, -0.2) is 4.98 Å². The van der Waals surface area contributed by atoms with Crippen molar-refractivity contribution in [2.45, 2.75) is 57.1 Å². The first-order valence-corrected chi connectivity index (χ1v) is 12.9. The summed E-state index contributed by atoms with van der Waals surface area (Å²) in [5, 5.41) is 8.04. The molecule has 2 saturated carbocycles. The minimum atomic E-state index is -4.72. The van der Waals surface area contributed by atoms with Gasteiger partial charge in [-0.15, -0.1) is 13.2 Å². The molecule has 0 saturated heterocycles. The third-order valence-corrected chi connectivity index (χ3v) is 7.81. The number of hydrogen-bond acceptors (Lipinski definition) is 6. The predicted octanol–water partition coefficient (Wildman–Crippen LogP) is 6.26. The van der Waals surface area contributed by atoms with E-state index < -0.39 is 6.36 Å². The zero-order valence-electron chi connectivity index (χ0n) is 20.2. The molecule has 5 rings (SSSR count). The molecular weight excluding hydrogens is 535 g/mol. The number of benzene rings is 2. The molecule has 10 heteroatoms. The molecule has 192 valence electrons. The highest BCUT2D eigenvalue weighted by Gasteiger charge is 2.55. The molecule has 1 atom stereocenters. The Balaban J connectivity index is 1.17. The summed E-state index contributed by atoms with van der Waals surface area (Å²) in [6.45, 7) is 0.330. The molecule has 1 aromatic heterocycles. The second kappa shape index (κ2) is 9.70. The standard InChI is InChI=1S/C26H29BrF3N5O/c1-35(2)23-19-5-3-4-6-20(19)32-24(34-23)33-22-14-25(22)11-9-18(10-12-25)31-15-16-7-8-17(27)13-21(16)36-26(28,29)30/h3-8,13,18,22,31H,9-12,14-15H2,1-2H3,(H,32,33,34)/t18?,22-,25?/m1/s1. The first-order valence-electron chi connectivity index (χ1n) is 12.1. The van der Waals surface area contributed by atoms with Gasteiger partial charge in [-0.3, -0.25) is 0 Å². The Morgan fingerprint density at radius 2 is 1.86 bits per heavy atom. The third kappa shape index (κ3) is 5.54. The van der Waals surface area contributed by atoms with Gasteiger partial charge in [0.1, 0.15) is 11.6 Å². The van der Waals surface area contributed by atoms with Crippen molar-refractivity contribution in [3.63, 3.8) is 0 Å². The highest BCUT2D eigenvalue weighted by atomic mass is 79.9. The average Bonchev–Trinajstić information content (AvgIpc) is 3.48. The Morgan fingerprint density at radius 1 is 1.11 bits per heavy atom. The second-order valence-electron chi connectivity index (χ2n) is 10.0. The Kier molecular flexibility index (Phi) is 6.76. The van der Waals surface area contributed by atoms with Crippen molar-refractivity contribution >= 4 is 38.6 Å². The number of nitrogens with zero attached hydrogens (tertiary/aromatic N) is 3. The quantitative estimate of drug-likeness (QED) is 0.354. The molecule has 0 unspecified atom stereocenters. The number of anilines is 2. The molecule has 2 aliphatic rings. The molecule has 0 aliphatic heterocycles. The Morgan fingerprint density at radius 3 is 2.58 bits per heavy atom. The summed E-state index contributed by atoms with van der Waals surface area (Å²) in [5.41, 5.74) is 1.66.